The quantitative estimate of drug-likeness (QED) is 0.193. The first-order valence-electron chi connectivity index (χ1n) is 7.93. The van der Waals surface area contributed by atoms with Crippen LogP contribution < -0.4 is 0 Å². The normalized spacial score (nSPS) is 40.6. The maximum absolute atomic E-state index is 10.2. The van der Waals surface area contributed by atoms with Crippen molar-refractivity contribution in [1.82, 2.24) is 0 Å². The van der Waals surface area contributed by atoms with Crippen molar-refractivity contribution >= 4 is 0 Å². The Morgan fingerprint density at radius 1 is 0.885 bits per heavy atom. The van der Waals surface area contributed by atoms with Crippen LogP contribution in [0.5, 0.6) is 0 Å². The van der Waals surface area contributed by atoms with Crippen LogP contribution in [-0.2, 0) is 61.1 Å². The Hall–Kier alpha value is 1.02. The van der Waals surface area contributed by atoms with Crippen molar-refractivity contribution in [1.29, 1.82) is 0 Å². The summed E-state index contributed by atoms with van der Waals surface area (Å²) in [4.78, 5) is 0. The van der Waals surface area contributed by atoms with Crippen molar-refractivity contribution in [3.8, 4) is 0 Å². The maximum atomic E-state index is 10.2. The first-order chi connectivity index (χ1) is 11.3. The molecule has 2 saturated heterocycles. The van der Waals surface area contributed by atoms with Crippen LogP contribution >= 0.6 is 0 Å². The molecule has 5 N–H and O–H groups in total. The average Bonchev–Trinajstić information content (AvgIpc) is 2.52. The standard InChI is InChI=1S/C15H26O9.2W/c1-7(2)21-12-4-9(19)15(11(6-17)23-12)24-13-3-8(18)14(20)10(5-16)22-13;;/h3-4,7-20H,5-6H2,1-2H3;;/q-2;;. The van der Waals surface area contributed by atoms with Gasteiger partial charge < -0.3 is 44.5 Å². The molecule has 0 aromatic rings. The third kappa shape index (κ3) is 7.12. The van der Waals surface area contributed by atoms with Gasteiger partial charge >= 0.3 is 0 Å². The molecular weight excluding hydrogens is 692 g/mol. The van der Waals surface area contributed by atoms with E-state index in [1.807, 2.05) is 13.8 Å². The van der Waals surface area contributed by atoms with Gasteiger partial charge in [0.25, 0.3) is 0 Å². The fourth-order valence-electron chi connectivity index (χ4n) is 2.62. The molecule has 0 saturated carbocycles. The second-order valence-electron chi connectivity index (χ2n) is 6.09. The van der Waals surface area contributed by atoms with Crippen molar-refractivity contribution in [2.45, 2.75) is 69.2 Å². The molecule has 154 valence electrons. The van der Waals surface area contributed by atoms with Gasteiger partial charge in [-0.25, -0.2) is 12.8 Å². The van der Waals surface area contributed by atoms with Crippen molar-refractivity contribution in [2.24, 2.45) is 0 Å². The molecule has 11 heteroatoms. The van der Waals surface area contributed by atoms with E-state index in [0.29, 0.717) is 0 Å². The summed E-state index contributed by atoms with van der Waals surface area (Å²) in [5, 5.41) is 48.3. The van der Waals surface area contributed by atoms with E-state index < -0.39 is 62.4 Å². The molecule has 0 amide bonds. The Balaban J connectivity index is 0.00000312. The molecule has 2 heterocycles. The number of aliphatic hydroxyl groups is 5. The maximum Gasteiger partial charge on any atom is 0.106 e. The fraction of sp³-hybridized carbons (Fsp3) is 0.867. The van der Waals surface area contributed by atoms with Crippen molar-refractivity contribution in [2.75, 3.05) is 13.2 Å². The van der Waals surface area contributed by atoms with Gasteiger partial charge in [-0.05, 0) is 26.1 Å². The molecule has 8 atom stereocenters. The Morgan fingerprint density at radius 3 is 1.96 bits per heavy atom. The van der Waals surface area contributed by atoms with E-state index in [9.17, 15) is 20.4 Å². The molecule has 0 aromatic carbocycles. The summed E-state index contributed by atoms with van der Waals surface area (Å²) in [6, 6.07) is 0. The van der Waals surface area contributed by atoms with Crippen LogP contribution in [0.3, 0.4) is 0 Å². The largest absolute Gasteiger partial charge is 0.422 e. The third-order valence-corrected chi connectivity index (χ3v) is 3.82. The summed E-state index contributed by atoms with van der Waals surface area (Å²) in [6.45, 7) is 2.70. The molecular formula is C15H26O9W2-2. The predicted octanol–water partition coefficient (Wildman–Crippen LogP) is -2.28. The van der Waals surface area contributed by atoms with E-state index in [1.165, 1.54) is 12.8 Å². The average molecular weight is 718 g/mol. The minimum Gasteiger partial charge on any atom is -0.422 e. The first-order valence-corrected chi connectivity index (χ1v) is 7.93. The van der Waals surface area contributed by atoms with Gasteiger partial charge in [0, 0.05) is 54.7 Å². The van der Waals surface area contributed by atoms with Crippen LogP contribution in [0.25, 0.3) is 0 Å². The second kappa shape index (κ2) is 12.6. The zero-order valence-corrected chi connectivity index (χ0v) is 20.3. The molecule has 2 aliphatic rings. The number of ether oxygens (including phenoxy) is 4. The van der Waals surface area contributed by atoms with Crippen LogP contribution in [0.15, 0.2) is 0 Å². The molecule has 8 unspecified atom stereocenters. The van der Waals surface area contributed by atoms with E-state index in [-0.39, 0.29) is 48.2 Å². The Kier molecular flexibility index (Phi) is 13.0. The fourth-order valence-corrected chi connectivity index (χ4v) is 2.62. The summed E-state index contributed by atoms with van der Waals surface area (Å²) in [5.41, 5.74) is 0. The van der Waals surface area contributed by atoms with Crippen LogP contribution in [0.4, 0.5) is 0 Å². The number of aliphatic hydroxyl groups excluding tert-OH is 5. The zero-order chi connectivity index (χ0) is 17.9. The van der Waals surface area contributed by atoms with Crippen LogP contribution in [0.2, 0.25) is 0 Å². The molecule has 0 aliphatic carbocycles. The zero-order valence-electron chi connectivity index (χ0n) is 14.5. The molecule has 0 aromatic heterocycles. The van der Waals surface area contributed by atoms with Gasteiger partial charge in [0.05, 0.1) is 31.5 Å². The van der Waals surface area contributed by atoms with Crippen molar-refractivity contribution < 1.29 is 86.6 Å². The van der Waals surface area contributed by atoms with Crippen molar-refractivity contribution in [3.05, 3.63) is 12.8 Å². The number of rotatable bonds is 6. The molecule has 0 spiro atoms. The van der Waals surface area contributed by atoms with Crippen LogP contribution in [0.1, 0.15) is 13.8 Å². The summed E-state index contributed by atoms with van der Waals surface area (Å²) in [5.74, 6) is 0. The molecule has 0 radical (unpaired) electrons. The molecule has 9 nitrogen and oxygen atoms in total. The van der Waals surface area contributed by atoms with E-state index >= 15 is 0 Å². The van der Waals surface area contributed by atoms with Gasteiger partial charge in [0.1, 0.15) is 12.2 Å². The predicted molar refractivity (Wildman–Crippen MR) is 79.2 cm³/mol. The Labute approximate surface area is 181 Å². The third-order valence-electron chi connectivity index (χ3n) is 3.82. The topological polar surface area (TPSA) is 138 Å². The SMILES string of the molecule is CC(C)OC1[CH-]C(O)C(OC2[CH-]C(O)C(O)C(CO)O2)C(CO)O1.[W].[W]. The van der Waals surface area contributed by atoms with Gasteiger partial charge in [-0.3, -0.25) is 0 Å². The Bertz CT molecular complexity index is 390. The number of hydrogen-bond acceptors (Lipinski definition) is 9. The van der Waals surface area contributed by atoms with Gasteiger partial charge in [0.15, 0.2) is 0 Å². The summed E-state index contributed by atoms with van der Waals surface area (Å²) < 4.78 is 21.9. The monoisotopic (exact) mass is 718 g/mol. The van der Waals surface area contributed by atoms with Gasteiger partial charge in [-0.1, -0.05) is 0 Å². The van der Waals surface area contributed by atoms with E-state index in [0.717, 1.165) is 0 Å². The van der Waals surface area contributed by atoms with E-state index in [4.69, 9.17) is 24.1 Å². The molecule has 0 bridgehead atoms. The molecule has 2 fully saturated rings. The van der Waals surface area contributed by atoms with Gasteiger partial charge in [-0.2, -0.15) is 0 Å². The minimum atomic E-state index is -1.27. The molecule has 2 rings (SSSR count). The summed E-state index contributed by atoms with van der Waals surface area (Å²) >= 11 is 0. The van der Waals surface area contributed by atoms with Crippen LogP contribution in [-0.4, -0.2) is 94.1 Å². The molecule has 26 heavy (non-hydrogen) atoms. The first kappa shape index (κ1) is 27.0. The van der Waals surface area contributed by atoms with Crippen LogP contribution in [0, 0.1) is 12.8 Å². The van der Waals surface area contributed by atoms with Gasteiger partial charge in [-0.15, -0.1) is 0 Å². The summed E-state index contributed by atoms with van der Waals surface area (Å²) in [6.07, 6.45) is -5.90. The minimum absolute atomic E-state index is 0. The van der Waals surface area contributed by atoms with E-state index in [1.54, 1.807) is 0 Å². The van der Waals surface area contributed by atoms with E-state index in [2.05, 4.69) is 0 Å². The molecule has 2 aliphatic heterocycles. The Morgan fingerprint density at radius 2 is 1.42 bits per heavy atom. The van der Waals surface area contributed by atoms with Gasteiger partial charge in [0.2, 0.25) is 0 Å². The van der Waals surface area contributed by atoms with Crippen molar-refractivity contribution in [3.63, 3.8) is 0 Å². The smallest absolute Gasteiger partial charge is 0.106 e. The second-order valence-corrected chi connectivity index (χ2v) is 6.09. The number of hydrogen-bond donors (Lipinski definition) is 5. The summed E-state index contributed by atoms with van der Waals surface area (Å²) in [7, 11) is 0.